The van der Waals surface area contributed by atoms with E-state index in [0.717, 1.165) is 58.5 Å². The number of nitrogens with one attached hydrogen (secondary N) is 1. The number of rotatable bonds is 9. The summed E-state index contributed by atoms with van der Waals surface area (Å²) in [6, 6.07) is 8.39. The van der Waals surface area contributed by atoms with Crippen LogP contribution in [0.4, 0.5) is 5.82 Å². The maximum absolute atomic E-state index is 14.2. The Bertz CT molecular complexity index is 1630. The minimum atomic E-state index is -0.258. The van der Waals surface area contributed by atoms with E-state index in [0.29, 0.717) is 49.3 Å². The standard InChI is InChI=1S/C30H36N10O2S/c1-4-43-27-11-21(30(16-42-17-30)12-26-33-31-18-38(26)3)10-25(32-27)40-15-24-22(28-34-36-37-35-28)8-20(9-23(24)29(40)41)14-39-7-5-6-19(2)13-39/h8-11,18-19H,4-7,12-17H2,1-3H3,(H,34,35,36,37)/t19-/m0/s1. The molecule has 1 atom stereocenters. The van der Waals surface area contributed by atoms with E-state index in [1.54, 1.807) is 23.0 Å². The number of carbonyl (C=O) groups is 1. The van der Waals surface area contributed by atoms with E-state index in [1.807, 2.05) is 11.6 Å². The van der Waals surface area contributed by atoms with Gasteiger partial charge < -0.3 is 9.30 Å². The van der Waals surface area contributed by atoms with Crippen LogP contribution in [0.15, 0.2) is 35.6 Å². The zero-order valence-corrected chi connectivity index (χ0v) is 25.6. The molecule has 6 heterocycles. The molecule has 0 unspecified atom stereocenters. The molecule has 7 rings (SSSR count). The third kappa shape index (κ3) is 5.34. The first-order chi connectivity index (χ1) is 20.9. The molecule has 1 aromatic carbocycles. The minimum Gasteiger partial charge on any atom is -0.379 e. The quantitative estimate of drug-likeness (QED) is 0.285. The number of anilines is 1. The molecule has 0 saturated carbocycles. The molecule has 1 amide bonds. The molecule has 3 aliphatic heterocycles. The molecule has 0 aliphatic carbocycles. The van der Waals surface area contributed by atoms with E-state index in [1.165, 1.54) is 12.8 Å². The van der Waals surface area contributed by atoms with Crippen molar-refractivity contribution >= 4 is 23.5 Å². The summed E-state index contributed by atoms with van der Waals surface area (Å²) >= 11 is 1.67. The zero-order chi connectivity index (χ0) is 29.6. The fourth-order valence-electron chi connectivity index (χ4n) is 6.56. The van der Waals surface area contributed by atoms with Gasteiger partial charge in [0.2, 0.25) is 5.82 Å². The van der Waals surface area contributed by atoms with Crippen molar-refractivity contribution in [2.24, 2.45) is 13.0 Å². The highest BCUT2D eigenvalue weighted by atomic mass is 32.2. The van der Waals surface area contributed by atoms with E-state index in [9.17, 15) is 4.79 Å². The number of amides is 1. The number of thioether (sulfide) groups is 1. The number of aryl methyl sites for hydroxylation is 1. The summed E-state index contributed by atoms with van der Waals surface area (Å²) in [5, 5.41) is 24.3. The number of aromatic amines is 1. The number of benzene rings is 1. The Morgan fingerprint density at radius 2 is 2.02 bits per heavy atom. The van der Waals surface area contributed by atoms with Gasteiger partial charge in [-0.1, -0.05) is 13.8 Å². The predicted octanol–water partition coefficient (Wildman–Crippen LogP) is 3.41. The summed E-state index contributed by atoms with van der Waals surface area (Å²) < 4.78 is 7.72. The first-order valence-electron chi connectivity index (χ1n) is 14.9. The SMILES string of the molecule is CCSc1cc(C2(Cc3nncn3C)COC2)cc(N2Cc3c(cc(CN4CCC[C@H](C)C4)cc3-c3nn[nH]n3)C2=O)n1. The van der Waals surface area contributed by atoms with E-state index in [-0.39, 0.29) is 11.3 Å². The Hall–Kier alpha value is -3.68. The fourth-order valence-corrected chi connectivity index (χ4v) is 7.22. The first-order valence-corrected chi connectivity index (χ1v) is 15.9. The zero-order valence-electron chi connectivity index (χ0n) is 24.8. The monoisotopic (exact) mass is 600 g/mol. The second-order valence-electron chi connectivity index (χ2n) is 12.1. The number of aromatic nitrogens is 8. The maximum Gasteiger partial charge on any atom is 0.260 e. The molecule has 3 aliphatic rings. The van der Waals surface area contributed by atoms with Crippen molar-refractivity contribution in [2.45, 2.75) is 56.6 Å². The number of hydrogen-bond donors (Lipinski definition) is 1. The Balaban J connectivity index is 1.25. The van der Waals surface area contributed by atoms with Gasteiger partial charge in [0.1, 0.15) is 18.0 Å². The van der Waals surface area contributed by atoms with Gasteiger partial charge in [-0.15, -0.1) is 32.2 Å². The highest BCUT2D eigenvalue weighted by Gasteiger charge is 2.43. The first kappa shape index (κ1) is 28.1. The van der Waals surface area contributed by atoms with E-state index in [2.05, 4.69) is 73.8 Å². The van der Waals surface area contributed by atoms with Crippen LogP contribution in [0.2, 0.25) is 0 Å². The Kier molecular flexibility index (Phi) is 7.48. The van der Waals surface area contributed by atoms with Crippen molar-refractivity contribution in [3.8, 4) is 11.4 Å². The van der Waals surface area contributed by atoms with Crippen LogP contribution in [0.25, 0.3) is 11.4 Å². The molecular formula is C30H36N10O2S. The molecule has 4 aromatic rings. The number of piperidine rings is 1. The van der Waals surface area contributed by atoms with E-state index < -0.39 is 0 Å². The van der Waals surface area contributed by atoms with Gasteiger partial charge in [0.25, 0.3) is 5.91 Å². The molecule has 2 saturated heterocycles. The van der Waals surface area contributed by atoms with Crippen molar-refractivity contribution in [1.82, 2.24) is 45.3 Å². The number of hydrogen-bond acceptors (Lipinski definition) is 10. The molecule has 0 bridgehead atoms. The summed E-state index contributed by atoms with van der Waals surface area (Å²) in [6.45, 7) is 8.86. The molecule has 224 valence electrons. The van der Waals surface area contributed by atoms with E-state index in [4.69, 9.17) is 9.72 Å². The van der Waals surface area contributed by atoms with Crippen LogP contribution in [-0.4, -0.2) is 83.2 Å². The summed E-state index contributed by atoms with van der Waals surface area (Å²) in [7, 11) is 1.96. The number of tetrazole rings is 1. The van der Waals surface area contributed by atoms with Crippen molar-refractivity contribution in [3.05, 3.63) is 58.7 Å². The molecule has 12 nitrogen and oxygen atoms in total. The molecule has 43 heavy (non-hydrogen) atoms. The lowest BCUT2D eigenvalue weighted by molar-refractivity contribution is -0.0612. The van der Waals surface area contributed by atoms with Crippen LogP contribution in [0.1, 0.15) is 59.6 Å². The minimum absolute atomic E-state index is 0.0575. The highest BCUT2D eigenvalue weighted by Crippen LogP contribution is 2.41. The number of H-pyrrole nitrogens is 1. The average molecular weight is 601 g/mol. The van der Waals surface area contributed by atoms with Crippen molar-refractivity contribution < 1.29 is 9.53 Å². The molecule has 1 N–H and O–H groups in total. The molecule has 3 aromatic heterocycles. The van der Waals surface area contributed by atoms with Gasteiger partial charge in [-0.2, -0.15) is 5.21 Å². The Morgan fingerprint density at radius 1 is 1.16 bits per heavy atom. The van der Waals surface area contributed by atoms with Crippen molar-refractivity contribution in [2.75, 3.05) is 37.0 Å². The largest absolute Gasteiger partial charge is 0.379 e. The van der Waals surface area contributed by atoms with Crippen LogP contribution in [0, 0.1) is 5.92 Å². The Labute approximate surface area is 254 Å². The normalized spacial score (nSPS) is 19.9. The summed E-state index contributed by atoms with van der Waals surface area (Å²) in [5.74, 6) is 3.53. The lowest BCUT2D eigenvalue weighted by Crippen LogP contribution is -2.49. The number of ether oxygens (including phenoxy) is 1. The third-order valence-corrected chi connectivity index (χ3v) is 9.66. The topological polar surface area (TPSA) is 131 Å². The summed E-state index contributed by atoms with van der Waals surface area (Å²) in [4.78, 5) is 23.4. The number of carbonyl (C=O) groups excluding carboxylic acids is 1. The molecule has 0 radical (unpaired) electrons. The van der Waals surface area contributed by atoms with Gasteiger partial charge in [0.05, 0.1) is 24.8 Å². The van der Waals surface area contributed by atoms with Crippen LogP contribution >= 0.6 is 11.8 Å². The Morgan fingerprint density at radius 3 is 2.72 bits per heavy atom. The van der Waals surface area contributed by atoms with Gasteiger partial charge in [-0.05, 0) is 77.2 Å². The lowest BCUT2D eigenvalue weighted by atomic mass is 9.76. The van der Waals surface area contributed by atoms with Crippen molar-refractivity contribution in [1.29, 1.82) is 0 Å². The predicted molar refractivity (Wildman–Crippen MR) is 162 cm³/mol. The van der Waals surface area contributed by atoms with E-state index >= 15 is 0 Å². The summed E-state index contributed by atoms with van der Waals surface area (Å²) in [5.41, 5.74) is 4.35. The van der Waals surface area contributed by atoms with Gasteiger partial charge in [-0.25, -0.2) is 4.98 Å². The second-order valence-corrected chi connectivity index (χ2v) is 13.4. The van der Waals surface area contributed by atoms with Gasteiger partial charge in [0.15, 0.2) is 0 Å². The van der Waals surface area contributed by atoms with Gasteiger partial charge in [-0.3, -0.25) is 14.6 Å². The van der Waals surface area contributed by atoms with Crippen LogP contribution in [-0.2, 0) is 36.7 Å². The van der Waals surface area contributed by atoms with Crippen LogP contribution in [0.3, 0.4) is 0 Å². The van der Waals surface area contributed by atoms with Crippen LogP contribution < -0.4 is 4.90 Å². The number of nitrogens with zero attached hydrogens (tertiary/aromatic N) is 9. The number of fused-ring (bicyclic) bond motifs is 1. The molecule has 13 heteroatoms. The lowest BCUT2D eigenvalue weighted by Gasteiger charge is -2.42. The molecule has 0 spiro atoms. The number of likely N-dealkylation sites (tertiary alicyclic amines) is 1. The van der Waals surface area contributed by atoms with Gasteiger partial charge in [0, 0.05) is 43.1 Å². The summed E-state index contributed by atoms with van der Waals surface area (Å²) in [6.07, 6.45) is 4.87. The molecular weight excluding hydrogens is 564 g/mol. The van der Waals surface area contributed by atoms with Crippen LogP contribution in [0.5, 0.6) is 0 Å². The highest BCUT2D eigenvalue weighted by molar-refractivity contribution is 7.99. The average Bonchev–Trinajstić information content (AvgIpc) is 3.72. The van der Waals surface area contributed by atoms with Crippen molar-refractivity contribution in [3.63, 3.8) is 0 Å². The second kappa shape index (κ2) is 11.4. The number of pyridine rings is 1. The van der Waals surface area contributed by atoms with Gasteiger partial charge >= 0.3 is 0 Å². The molecule has 2 fully saturated rings. The smallest absolute Gasteiger partial charge is 0.260 e. The fraction of sp³-hybridized carbons (Fsp3) is 0.500. The third-order valence-electron chi connectivity index (χ3n) is 8.86. The maximum atomic E-state index is 14.2.